The van der Waals surface area contributed by atoms with Gasteiger partial charge < -0.3 is 9.47 Å². The highest BCUT2D eigenvalue weighted by molar-refractivity contribution is 9.10. The van der Waals surface area contributed by atoms with E-state index in [1.54, 1.807) is 12.1 Å². The van der Waals surface area contributed by atoms with E-state index in [0.717, 1.165) is 0 Å². The zero-order valence-electron chi connectivity index (χ0n) is 13.4. The summed E-state index contributed by atoms with van der Waals surface area (Å²) < 4.78 is 11.1. The normalized spacial score (nSPS) is 10.5. The molecule has 0 heterocycles. The number of ether oxygens (including phenoxy) is 2. The Hall–Kier alpha value is -2.94. The highest BCUT2D eigenvalue weighted by atomic mass is 79.9. The first-order valence-electron chi connectivity index (χ1n) is 6.96. The van der Waals surface area contributed by atoms with Crippen molar-refractivity contribution in [2.45, 2.75) is 0 Å². The lowest BCUT2D eigenvalue weighted by atomic mass is 10.2. The molecule has 8 nitrogen and oxygen atoms in total. The molecule has 1 amide bonds. The van der Waals surface area contributed by atoms with Crippen LogP contribution in [0.15, 0.2) is 46.0 Å². The molecule has 2 rings (SSSR count). The summed E-state index contributed by atoms with van der Waals surface area (Å²) in [5.74, 6) is 0.343. The van der Waals surface area contributed by atoms with Crippen LogP contribution in [0.4, 0.5) is 5.69 Å². The molecule has 0 saturated carbocycles. The third-order valence-electron chi connectivity index (χ3n) is 3.18. The first kappa shape index (κ1) is 18.4. The van der Waals surface area contributed by atoms with Crippen molar-refractivity contribution in [2.24, 2.45) is 5.10 Å². The largest absolute Gasteiger partial charge is 0.493 e. The molecule has 1 N–H and O–H groups in total. The molecule has 25 heavy (non-hydrogen) atoms. The summed E-state index contributed by atoms with van der Waals surface area (Å²) in [6, 6.07) is 9.03. The van der Waals surface area contributed by atoms with Crippen molar-refractivity contribution >= 4 is 33.7 Å². The van der Waals surface area contributed by atoms with Gasteiger partial charge in [-0.15, -0.1) is 0 Å². The molecule has 0 aliphatic heterocycles. The number of hydrazone groups is 1. The number of carbonyl (C=O) groups excluding carboxylic acids is 1. The molecule has 0 unspecified atom stereocenters. The summed E-state index contributed by atoms with van der Waals surface area (Å²) in [6.07, 6.45) is 1.39. The van der Waals surface area contributed by atoms with Crippen molar-refractivity contribution in [3.05, 3.63) is 62.1 Å². The first-order valence-corrected chi connectivity index (χ1v) is 7.75. The highest BCUT2D eigenvalue weighted by Crippen LogP contribution is 2.35. The fraction of sp³-hybridized carbons (Fsp3) is 0.125. The quantitative estimate of drug-likeness (QED) is 0.450. The molecule has 0 saturated heterocycles. The van der Waals surface area contributed by atoms with Gasteiger partial charge in [-0.25, -0.2) is 5.43 Å². The lowest BCUT2D eigenvalue weighted by Gasteiger charge is -2.10. The van der Waals surface area contributed by atoms with Crippen molar-refractivity contribution in [3.8, 4) is 11.5 Å². The van der Waals surface area contributed by atoms with Crippen molar-refractivity contribution in [1.82, 2.24) is 5.43 Å². The van der Waals surface area contributed by atoms with Gasteiger partial charge in [-0.1, -0.05) is 12.1 Å². The number of hydrogen-bond acceptors (Lipinski definition) is 6. The van der Waals surface area contributed by atoms with E-state index in [-0.39, 0.29) is 11.3 Å². The molecule has 0 atom stereocenters. The smallest absolute Gasteiger partial charge is 0.282 e. The Balaban J connectivity index is 2.18. The Kier molecular flexibility index (Phi) is 6.07. The van der Waals surface area contributed by atoms with Crippen LogP contribution in [0.2, 0.25) is 0 Å². The number of methoxy groups -OCH3 is 2. The monoisotopic (exact) mass is 407 g/mol. The van der Waals surface area contributed by atoms with E-state index in [1.807, 2.05) is 0 Å². The molecule has 0 bridgehead atoms. The number of benzene rings is 2. The van der Waals surface area contributed by atoms with E-state index >= 15 is 0 Å². The van der Waals surface area contributed by atoms with E-state index in [4.69, 9.17) is 9.47 Å². The Bertz CT molecular complexity index is 839. The number of amides is 1. The Morgan fingerprint density at radius 1 is 1.28 bits per heavy atom. The molecule has 0 radical (unpaired) electrons. The van der Waals surface area contributed by atoms with Gasteiger partial charge in [0.25, 0.3) is 11.6 Å². The van der Waals surface area contributed by atoms with Gasteiger partial charge in [0, 0.05) is 6.07 Å². The molecule has 0 aliphatic carbocycles. The van der Waals surface area contributed by atoms with Gasteiger partial charge in [0.15, 0.2) is 11.5 Å². The van der Waals surface area contributed by atoms with Gasteiger partial charge in [0.05, 0.1) is 29.8 Å². The van der Waals surface area contributed by atoms with Crippen molar-refractivity contribution in [3.63, 3.8) is 0 Å². The van der Waals surface area contributed by atoms with Crippen LogP contribution in [-0.2, 0) is 0 Å². The molecule has 130 valence electrons. The van der Waals surface area contributed by atoms with Gasteiger partial charge in [0.1, 0.15) is 5.56 Å². The van der Waals surface area contributed by atoms with Gasteiger partial charge in [-0.05, 0) is 39.7 Å². The van der Waals surface area contributed by atoms with E-state index < -0.39 is 10.8 Å². The number of carbonyl (C=O) groups is 1. The van der Waals surface area contributed by atoms with E-state index in [2.05, 4.69) is 26.5 Å². The van der Waals surface area contributed by atoms with Crippen LogP contribution < -0.4 is 14.9 Å². The van der Waals surface area contributed by atoms with Crippen LogP contribution >= 0.6 is 15.9 Å². The minimum absolute atomic E-state index is 0.0712. The second kappa shape index (κ2) is 8.25. The number of nitro groups is 1. The minimum atomic E-state index is -0.678. The van der Waals surface area contributed by atoms with Crippen LogP contribution in [0, 0.1) is 10.1 Å². The molecular formula is C16H14BrN3O5. The molecule has 2 aromatic rings. The summed E-state index contributed by atoms with van der Waals surface area (Å²) in [5.41, 5.74) is 2.54. The Labute approximate surface area is 151 Å². The fourth-order valence-corrected chi connectivity index (χ4v) is 2.68. The number of halogens is 1. The number of para-hydroxylation sites is 1. The van der Waals surface area contributed by atoms with Crippen molar-refractivity contribution in [2.75, 3.05) is 14.2 Å². The number of nitro benzene ring substituents is 1. The van der Waals surface area contributed by atoms with Crippen LogP contribution in [-0.4, -0.2) is 31.3 Å². The van der Waals surface area contributed by atoms with Crippen molar-refractivity contribution < 1.29 is 19.2 Å². The predicted octanol–water partition coefficient (Wildman–Crippen LogP) is 3.14. The number of nitrogens with zero attached hydrogens (tertiary/aromatic N) is 2. The van der Waals surface area contributed by atoms with E-state index in [0.29, 0.717) is 21.5 Å². The standard InChI is InChI=1S/C16H14BrN3O5/c1-24-14-8-10(7-12(17)15(14)25-2)9-18-19-16(21)11-5-3-4-6-13(11)20(22)23/h3-9H,1-2H3,(H,19,21)/b18-9-. The molecule has 9 heteroatoms. The summed E-state index contributed by atoms with van der Waals surface area (Å²) >= 11 is 3.35. The van der Waals surface area contributed by atoms with E-state index in [1.165, 1.54) is 44.7 Å². The number of nitrogens with one attached hydrogen (secondary N) is 1. The van der Waals surface area contributed by atoms with Crippen LogP contribution in [0.3, 0.4) is 0 Å². The van der Waals surface area contributed by atoms with Gasteiger partial charge in [-0.2, -0.15) is 5.10 Å². The lowest BCUT2D eigenvalue weighted by Crippen LogP contribution is -2.18. The zero-order valence-corrected chi connectivity index (χ0v) is 14.9. The molecule has 0 spiro atoms. The average Bonchev–Trinajstić information content (AvgIpc) is 2.61. The van der Waals surface area contributed by atoms with Crippen LogP contribution in [0.1, 0.15) is 15.9 Å². The lowest BCUT2D eigenvalue weighted by molar-refractivity contribution is -0.385. The molecule has 0 aromatic heterocycles. The van der Waals surface area contributed by atoms with Crippen LogP contribution in [0.5, 0.6) is 11.5 Å². The number of hydrogen-bond donors (Lipinski definition) is 1. The number of rotatable bonds is 6. The van der Waals surface area contributed by atoms with Crippen molar-refractivity contribution in [1.29, 1.82) is 0 Å². The third kappa shape index (κ3) is 4.32. The third-order valence-corrected chi connectivity index (χ3v) is 3.77. The topological polar surface area (TPSA) is 103 Å². The SMILES string of the molecule is COc1cc(/C=N\NC(=O)c2ccccc2[N+](=O)[O-])cc(Br)c1OC. The van der Waals surface area contributed by atoms with Gasteiger partial charge >= 0.3 is 0 Å². The molecule has 0 aliphatic rings. The summed E-state index contributed by atoms with van der Waals surface area (Å²) in [6.45, 7) is 0. The first-order chi connectivity index (χ1) is 12.0. The fourth-order valence-electron chi connectivity index (χ4n) is 2.06. The minimum Gasteiger partial charge on any atom is -0.493 e. The van der Waals surface area contributed by atoms with Crippen LogP contribution in [0.25, 0.3) is 0 Å². The van der Waals surface area contributed by atoms with Gasteiger partial charge in [0.2, 0.25) is 0 Å². The van der Waals surface area contributed by atoms with Gasteiger partial charge in [-0.3, -0.25) is 14.9 Å². The maximum Gasteiger partial charge on any atom is 0.282 e. The predicted molar refractivity (Wildman–Crippen MR) is 95.4 cm³/mol. The highest BCUT2D eigenvalue weighted by Gasteiger charge is 2.18. The summed E-state index contributed by atoms with van der Waals surface area (Å²) in [7, 11) is 3.02. The maximum absolute atomic E-state index is 12.1. The Morgan fingerprint density at radius 2 is 2.00 bits per heavy atom. The summed E-state index contributed by atoms with van der Waals surface area (Å²) in [4.78, 5) is 22.4. The maximum atomic E-state index is 12.1. The zero-order chi connectivity index (χ0) is 18.4. The second-order valence-electron chi connectivity index (χ2n) is 4.71. The molecular weight excluding hydrogens is 394 g/mol. The Morgan fingerprint density at radius 3 is 2.64 bits per heavy atom. The average molecular weight is 408 g/mol. The summed E-state index contributed by atoms with van der Waals surface area (Å²) in [5, 5.41) is 14.8. The molecule has 0 fully saturated rings. The molecule has 2 aromatic carbocycles. The van der Waals surface area contributed by atoms with E-state index in [9.17, 15) is 14.9 Å². The second-order valence-corrected chi connectivity index (χ2v) is 5.57.